The Balaban J connectivity index is 2.31. The van der Waals surface area contributed by atoms with Crippen LogP contribution in [0.2, 0.25) is 0 Å². The fraction of sp³-hybridized carbons (Fsp3) is 0.900. The van der Waals surface area contributed by atoms with Gasteiger partial charge in [0.25, 0.3) is 0 Å². The molecule has 1 aliphatic heterocycles. The summed E-state index contributed by atoms with van der Waals surface area (Å²) in [6.45, 7) is 5.30. The van der Waals surface area contributed by atoms with Gasteiger partial charge in [0, 0.05) is 19.6 Å². The van der Waals surface area contributed by atoms with Crippen molar-refractivity contribution in [3.63, 3.8) is 0 Å². The number of nitrogens with zero attached hydrogens (tertiary/aromatic N) is 2. The van der Waals surface area contributed by atoms with Gasteiger partial charge < -0.3 is 20.3 Å². The number of rotatable bonds is 3. The first-order chi connectivity index (χ1) is 7.27. The summed E-state index contributed by atoms with van der Waals surface area (Å²) >= 11 is 0. The Morgan fingerprint density at radius 3 is 2.80 bits per heavy atom. The Labute approximate surface area is 91.2 Å². The van der Waals surface area contributed by atoms with E-state index in [4.69, 9.17) is 10.5 Å². The first kappa shape index (κ1) is 12.3. The van der Waals surface area contributed by atoms with Crippen molar-refractivity contribution in [2.24, 2.45) is 5.73 Å². The maximum atomic E-state index is 11.3. The zero-order valence-corrected chi connectivity index (χ0v) is 9.45. The van der Waals surface area contributed by atoms with E-state index in [9.17, 15) is 4.79 Å². The molecule has 1 fully saturated rings. The van der Waals surface area contributed by atoms with Crippen molar-refractivity contribution in [1.82, 2.24) is 9.80 Å². The highest BCUT2D eigenvalue weighted by molar-refractivity contribution is 5.67. The molecule has 0 bridgehead atoms. The van der Waals surface area contributed by atoms with Crippen LogP contribution >= 0.6 is 0 Å². The molecule has 0 aliphatic carbocycles. The molecule has 0 radical (unpaired) electrons. The lowest BCUT2D eigenvalue weighted by Gasteiger charge is -2.20. The minimum absolute atomic E-state index is 0.212. The van der Waals surface area contributed by atoms with Gasteiger partial charge in [-0.2, -0.15) is 0 Å². The zero-order chi connectivity index (χ0) is 11.1. The van der Waals surface area contributed by atoms with E-state index in [0.29, 0.717) is 0 Å². The standard InChI is InChI=1S/C10H21N3O2/c1-15-10(14)13-7-3-6-12(8-9-13)5-2-4-11/h2-9,11H2,1H3. The van der Waals surface area contributed by atoms with Crippen LogP contribution in [-0.4, -0.2) is 62.3 Å². The molecule has 0 atom stereocenters. The molecular weight excluding hydrogens is 194 g/mol. The quantitative estimate of drug-likeness (QED) is 0.726. The van der Waals surface area contributed by atoms with E-state index in [1.54, 1.807) is 4.90 Å². The third-order valence-corrected chi connectivity index (χ3v) is 2.70. The summed E-state index contributed by atoms with van der Waals surface area (Å²) in [6.07, 6.45) is 1.83. The van der Waals surface area contributed by atoms with E-state index >= 15 is 0 Å². The van der Waals surface area contributed by atoms with Gasteiger partial charge >= 0.3 is 6.09 Å². The smallest absolute Gasteiger partial charge is 0.409 e. The summed E-state index contributed by atoms with van der Waals surface area (Å²) in [5.41, 5.74) is 5.47. The lowest BCUT2D eigenvalue weighted by Crippen LogP contribution is -2.35. The largest absolute Gasteiger partial charge is 0.453 e. The third kappa shape index (κ3) is 4.05. The second-order valence-electron chi connectivity index (χ2n) is 3.79. The number of methoxy groups -OCH3 is 1. The van der Waals surface area contributed by atoms with Crippen LogP contribution in [0.3, 0.4) is 0 Å². The van der Waals surface area contributed by atoms with Gasteiger partial charge in [0.15, 0.2) is 0 Å². The van der Waals surface area contributed by atoms with Gasteiger partial charge in [-0.05, 0) is 32.5 Å². The van der Waals surface area contributed by atoms with E-state index < -0.39 is 0 Å². The molecule has 0 saturated carbocycles. The van der Waals surface area contributed by atoms with Gasteiger partial charge in [-0.3, -0.25) is 0 Å². The van der Waals surface area contributed by atoms with E-state index in [-0.39, 0.29) is 6.09 Å². The summed E-state index contributed by atoms with van der Waals surface area (Å²) in [6, 6.07) is 0. The first-order valence-electron chi connectivity index (χ1n) is 5.53. The summed E-state index contributed by atoms with van der Waals surface area (Å²) in [7, 11) is 1.43. The summed E-state index contributed by atoms with van der Waals surface area (Å²) in [4.78, 5) is 15.4. The van der Waals surface area contributed by atoms with Gasteiger partial charge in [-0.1, -0.05) is 0 Å². The highest BCUT2D eigenvalue weighted by Gasteiger charge is 2.18. The number of nitrogens with two attached hydrogens (primary N) is 1. The predicted octanol–water partition coefficient (Wildman–Crippen LogP) is 0.109. The zero-order valence-electron chi connectivity index (χ0n) is 9.45. The summed E-state index contributed by atoms with van der Waals surface area (Å²) in [5, 5.41) is 0. The number of hydrogen-bond donors (Lipinski definition) is 1. The average Bonchev–Trinajstić information content (AvgIpc) is 2.50. The van der Waals surface area contributed by atoms with Gasteiger partial charge in [-0.25, -0.2) is 4.79 Å². The molecule has 0 unspecified atom stereocenters. The van der Waals surface area contributed by atoms with Crippen molar-refractivity contribution in [3.8, 4) is 0 Å². The minimum atomic E-state index is -0.212. The van der Waals surface area contributed by atoms with E-state index in [2.05, 4.69) is 4.90 Å². The van der Waals surface area contributed by atoms with E-state index in [1.807, 2.05) is 0 Å². The molecule has 1 rings (SSSR count). The van der Waals surface area contributed by atoms with E-state index in [0.717, 1.165) is 52.1 Å². The number of hydrogen-bond acceptors (Lipinski definition) is 4. The van der Waals surface area contributed by atoms with Gasteiger partial charge in [-0.15, -0.1) is 0 Å². The molecule has 1 heterocycles. The van der Waals surface area contributed by atoms with Gasteiger partial charge in [0.1, 0.15) is 0 Å². The van der Waals surface area contributed by atoms with Crippen LogP contribution in [0.1, 0.15) is 12.8 Å². The number of amides is 1. The Hall–Kier alpha value is -0.810. The molecule has 1 saturated heterocycles. The maximum Gasteiger partial charge on any atom is 0.409 e. The average molecular weight is 215 g/mol. The van der Waals surface area contributed by atoms with E-state index in [1.165, 1.54) is 7.11 Å². The normalized spacial score (nSPS) is 18.7. The van der Waals surface area contributed by atoms with Crippen molar-refractivity contribution < 1.29 is 9.53 Å². The van der Waals surface area contributed by atoms with Gasteiger partial charge in [0.2, 0.25) is 0 Å². The lowest BCUT2D eigenvalue weighted by molar-refractivity contribution is 0.125. The first-order valence-corrected chi connectivity index (χ1v) is 5.53. The Morgan fingerprint density at radius 1 is 1.33 bits per heavy atom. The Bertz CT molecular complexity index is 199. The van der Waals surface area contributed by atoms with Crippen molar-refractivity contribution >= 4 is 6.09 Å². The molecular formula is C10H21N3O2. The van der Waals surface area contributed by atoms with Crippen molar-refractivity contribution in [2.75, 3.05) is 46.4 Å². The van der Waals surface area contributed by atoms with Gasteiger partial charge in [0.05, 0.1) is 7.11 Å². The highest BCUT2D eigenvalue weighted by atomic mass is 16.5. The number of ether oxygens (including phenoxy) is 1. The Kier molecular flexibility index (Phi) is 5.42. The fourth-order valence-corrected chi connectivity index (χ4v) is 1.82. The predicted molar refractivity (Wildman–Crippen MR) is 58.7 cm³/mol. The lowest BCUT2D eigenvalue weighted by atomic mass is 10.3. The molecule has 2 N–H and O–H groups in total. The monoisotopic (exact) mass is 215 g/mol. The highest BCUT2D eigenvalue weighted by Crippen LogP contribution is 2.04. The maximum absolute atomic E-state index is 11.3. The molecule has 1 aliphatic rings. The Morgan fingerprint density at radius 2 is 2.13 bits per heavy atom. The molecule has 5 heteroatoms. The molecule has 5 nitrogen and oxygen atoms in total. The van der Waals surface area contributed by atoms with Crippen molar-refractivity contribution in [3.05, 3.63) is 0 Å². The van der Waals surface area contributed by atoms with Crippen LogP contribution in [0.25, 0.3) is 0 Å². The van der Waals surface area contributed by atoms with Crippen LogP contribution in [0.5, 0.6) is 0 Å². The van der Waals surface area contributed by atoms with Crippen molar-refractivity contribution in [2.45, 2.75) is 12.8 Å². The van der Waals surface area contributed by atoms with Crippen LogP contribution in [-0.2, 0) is 4.74 Å². The molecule has 88 valence electrons. The van der Waals surface area contributed by atoms with Crippen LogP contribution < -0.4 is 5.73 Å². The van der Waals surface area contributed by atoms with Crippen molar-refractivity contribution in [1.29, 1.82) is 0 Å². The SMILES string of the molecule is COC(=O)N1CCCN(CCCN)CC1. The number of carbonyl (C=O) groups is 1. The van der Waals surface area contributed by atoms with Crippen LogP contribution in [0.4, 0.5) is 4.79 Å². The number of carbonyl (C=O) groups excluding carboxylic acids is 1. The molecule has 0 aromatic heterocycles. The second-order valence-corrected chi connectivity index (χ2v) is 3.79. The molecule has 15 heavy (non-hydrogen) atoms. The fourth-order valence-electron chi connectivity index (χ4n) is 1.82. The molecule has 1 amide bonds. The topological polar surface area (TPSA) is 58.8 Å². The second kappa shape index (κ2) is 6.63. The summed E-state index contributed by atoms with van der Waals surface area (Å²) < 4.78 is 4.71. The van der Waals surface area contributed by atoms with Crippen LogP contribution in [0.15, 0.2) is 0 Å². The molecule has 0 aromatic carbocycles. The third-order valence-electron chi connectivity index (χ3n) is 2.70. The molecule has 0 spiro atoms. The van der Waals surface area contributed by atoms with Crippen LogP contribution in [0, 0.1) is 0 Å². The summed E-state index contributed by atoms with van der Waals surface area (Å²) in [5.74, 6) is 0. The minimum Gasteiger partial charge on any atom is -0.453 e. The molecule has 0 aromatic rings.